The first-order chi connectivity index (χ1) is 10.9. The topological polar surface area (TPSA) is 121 Å². The number of hydrogen-bond donors (Lipinski definition) is 3. The van der Waals surface area contributed by atoms with Gasteiger partial charge in [0.2, 0.25) is 5.91 Å². The highest BCUT2D eigenvalue weighted by atomic mass is 16.5. The Morgan fingerprint density at radius 2 is 2.09 bits per heavy atom. The van der Waals surface area contributed by atoms with Crippen molar-refractivity contribution in [3.63, 3.8) is 0 Å². The molecule has 0 aliphatic rings. The van der Waals surface area contributed by atoms with Crippen molar-refractivity contribution in [3.8, 4) is 0 Å². The smallest absolute Gasteiger partial charge is 0.325 e. The highest BCUT2D eigenvalue weighted by Gasteiger charge is 2.15. The monoisotopic (exact) mass is 314 g/mol. The summed E-state index contributed by atoms with van der Waals surface area (Å²) in [4.78, 5) is 38.9. The SMILES string of the molecule is Cc1cc(C)c2onc(CC(=O)Nc3c[nH]c(=O)[nH]c3=O)c2c1. The van der Waals surface area contributed by atoms with Gasteiger partial charge in [0.25, 0.3) is 5.56 Å². The molecule has 3 rings (SSSR count). The highest BCUT2D eigenvalue weighted by Crippen LogP contribution is 2.24. The number of rotatable bonds is 3. The maximum atomic E-state index is 12.1. The number of aromatic nitrogens is 3. The molecule has 8 nitrogen and oxygen atoms in total. The fraction of sp³-hybridized carbons (Fsp3) is 0.200. The normalized spacial score (nSPS) is 10.9. The predicted molar refractivity (Wildman–Crippen MR) is 83.5 cm³/mol. The molecule has 0 saturated heterocycles. The van der Waals surface area contributed by atoms with Crippen molar-refractivity contribution in [3.05, 3.63) is 56.0 Å². The molecule has 0 atom stereocenters. The van der Waals surface area contributed by atoms with Gasteiger partial charge >= 0.3 is 5.69 Å². The second-order valence-corrected chi connectivity index (χ2v) is 5.30. The average molecular weight is 314 g/mol. The molecule has 2 aromatic heterocycles. The summed E-state index contributed by atoms with van der Waals surface area (Å²) >= 11 is 0. The molecule has 0 radical (unpaired) electrons. The van der Waals surface area contributed by atoms with E-state index in [0.29, 0.717) is 11.3 Å². The minimum Gasteiger partial charge on any atom is -0.356 e. The summed E-state index contributed by atoms with van der Waals surface area (Å²) in [6, 6.07) is 3.87. The van der Waals surface area contributed by atoms with Crippen LogP contribution >= 0.6 is 0 Å². The zero-order chi connectivity index (χ0) is 16.6. The van der Waals surface area contributed by atoms with Crippen molar-refractivity contribution in [1.82, 2.24) is 15.1 Å². The number of nitrogens with one attached hydrogen (secondary N) is 3. The molecule has 23 heavy (non-hydrogen) atoms. The van der Waals surface area contributed by atoms with E-state index in [1.54, 1.807) is 0 Å². The number of carbonyl (C=O) groups is 1. The Morgan fingerprint density at radius 3 is 2.83 bits per heavy atom. The zero-order valence-electron chi connectivity index (χ0n) is 12.5. The molecule has 8 heteroatoms. The number of H-pyrrole nitrogens is 2. The van der Waals surface area contributed by atoms with Crippen molar-refractivity contribution in [2.75, 3.05) is 5.32 Å². The Bertz CT molecular complexity index is 1010. The van der Waals surface area contributed by atoms with Crippen molar-refractivity contribution in [1.29, 1.82) is 0 Å². The summed E-state index contributed by atoms with van der Waals surface area (Å²) in [5, 5.41) is 7.14. The van der Waals surface area contributed by atoms with E-state index in [-0.39, 0.29) is 12.1 Å². The third-order valence-corrected chi connectivity index (χ3v) is 3.40. The van der Waals surface area contributed by atoms with E-state index in [0.717, 1.165) is 22.7 Å². The molecule has 3 aromatic rings. The van der Waals surface area contributed by atoms with Crippen LogP contribution in [0.3, 0.4) is 0 Å². The molecule has 2 heterocycles. The third kappa shape index (κ3) is 2.91. The lowest BCUT2D eigenvalue weighted by atomic mass is 10.1. The number of nitrogens with zero attached hydrogens (tertiary/aromatic N) is 1. The van der Waals surface area contributed by atoms with Gasteiger partial charge in [-0.05, 0) is 31.0 Å². The van der Waals surface area contributed by atoms with Crippen LogP contribution in [-0.4, -0.2) is 21.0 Å². The van der Waals surface area contributed by atoms with Crippen LogP contribution in [0.5, 0.6) is 0 Å². The van der Waals surface area contributed by atoms with E-state index < -0.39 is 17.2 Å². The van der Waals surface area contributed by atoms with E-state index in [1.807, 2.05) is 31.0 Å². The average Bonchev–Trinajstić information content (AvgIpc) is 2.85. The Hall–Kier alpha value is -3.16. The number of aryl methyl sites for hydroxylation is 2. The van der Waals surface area contributed by atoms with E-state index in [1.165, 1.54) is 0 Å². The Morgan fingerprint density at radius 1 is 1.30 bits per heavy atom. The third-order valence-electron chi connectivity index (χ3n) is 3.40. The van der Waals surface area contributed by atoms with E-state index in [4.69, 9.17) is 4.52 Å². The standard InChI is InChI=1S/C15H14N4O4/c1-7-3-8(2)13-9(4-7)10(19-23-13)5-12(20)17-11-6-16-15(22)18-14(11)21/h3-4,6H,5H2,1-2H3,(H,17,20)(H2,16,18,21,22). The minimum absolute atomic E-state index is 0.0326. The summed E-state index contributed by atoms with van der Waals surface area (Å²) in [5.74, 6) is -0.433. The molecule has 0 saturated carbocycles. The molecule has 118 valence electrons. The number of hydrogen-bond acceptors (Lipinski definition) is 5. The highest BCUT2D eigenvalue weighted by molar-refractivity contribution is 5.94. The second-order valence-electron chi connectivity index (χ2n) is 5.30. The van der Waals surface area contributed by atoms with Gasteiger partial charge in [-0.1, -0.05) is 11.2 Å². The van der Waals surface area contributed by atoms with Crippen molar-refractivity contribution in [2.45, 2.75) is 20.3 Å². The van der Waals surface area contributed by atoms with Gasteiger partial charge in [0.05, 0.1) is 6.42 Å². The second kappa shape index (κ2) is 5.56. The number of fused-ring (bicyclic) bond motifs is 1. The zero-order valence-corrected chi connectivity index (χ0v) is 12.5. The summed E-state index contributed by atoms with van der Waals surface area (Å²) in [6.45, 7) is 3.85. The van der Waals surface area contributed by atoms with Gasteiger partial charge in [-0.2, -0.15) is 0 Å². The lowest BCUT2D eigenvalue weighted by Gasteiger charge is -2.02. The van der Waals surface area contributed by atoms with Crippen LogP contribution in [0.25, 0.3) is 11.0 Å². The number of amides is 1. The van der Waals surface area contributed by atoms with Crippen molar-refractivity contribution >= 4 is 22.6 Å². The summed E-state index contributed by atoms with van der Waals surface area (Å²) < 4.78 is 5.28. The Labute approximate surface area is 129 Å². The molecule has 0 spiro atoms. The predicted octanol–water partition coefficient (Wildman–Crippen LogP) is 1.00. The molecular weight excluding hydrogens is 300 g/mol. The van der Waals surface area contributed by atoms with Gasteiger partial charge in [-0.15, -0.1) is 0 Å². The van der Waals surface area contributed by atoms with E-state index in [2.05, 4.69) is 15.5 Å². The number of carbonyl (C=O) groups excluding carboxylic acids is 1. The molecule has 0 aliphatic carbocycles. The largest absolute Gasteiger partial charge is 0.356 e. The first-order valence-electron chi connectivity index (χ1n) is 6.91. The fourth-order valence-electron chi connectivity index (χ4n) is 2.42. The molecule has 0 bridgehead atoms. The van der Waals surface area contributed by atoms with Crippen LogP contribution in [0.15, 0.2) is 32.4 Å². The molecular formula is C15H14N4O4. The van der Waals surface area contributed by atoms with Gasteiger partial charge in [-0.25, -0.2) is 4.79 Å². The molecule has 1 aromatic carbocycles. The first-order valence-corrected chi connectivity index (χ1v) is 6.91. The maximum absolute atomic E-state index is 12.1. The number of aromatic amines is 2. The van der Waals surface area contributed by atoms with Gasteiger partial charge in [0.1, 0.15) is 11.4 Å². The number of anilines is 1. The van der Waals surface area contributed by atoms with Crippen LogP contribution in [0, 0.1) is 13.8 Å². The lowest BCUT2D eigenvalue weighted by molar-refractivity contribution is -0.115. The fourth-order valence-corrected chi connectivity index (χ4v) is 2.42. The first kappa shape index (κ1) is 14.8. The lowest BCUT2D eigenvalue weighted by Crippen LogP contribution is -2.27. The maximum Gasteiger partial charge on any atom is 0.325 e. The van der Waals surface area contributed by atoms with E-state index >= 15 is 0 Å². The van der Waals surface area contributed by atoms with Crippen molar-refractivity contribution < 1.29 is 9.32 Å². The van der Waals surface area contributed by atoms with Gasteiger partial charge in [0, 0.05) is 11.6 Å². The minimum atomic E-state index is -0.668. The van der Waals surface area contributed by atoms with Gasteiger partial charge < -0.3 is 14.8 Å². The van der Waals surface area contributed by atoms with Crippen LogP contribution in [0.2, 0.25) is 0 Å². The van der Waals surface area contributed by atoms with Crippen LogP contribution < -0.4 is 16.6 Å². The van der Waals surface area contributed by atoms with Crippen LogP contribution in [0.4, 0.5) is 5.69 Å². The molecule has 1 amide bonds. The molecule has 0 unspecified atom stereocenters. The molecule has 0 aliphatic heterocycles. The van der Waals surface area contributed by atoms with Crippen molar-refractivity contribution in [2.24, 2.45) is 0 Å². The molecule has 3 N–H and O–H groups in total. The van der Waals surface area contributed by atoms with Gasteiger partial charge in [0.15, 0.2) is 5.58 Å². The van der Waals surface area contributed by atoms with Crippen LogP contribution in [-0.2, 0) is 11.2 Å². The summed E-state index contributed by atoms with van der Waals surface area (Å²) in [7, 11) is 0. The number of benzene rings is 1. The molecule has 0 fully saturated rings. The van der Waals surface area contributed by atoms with Gasteiger partial charge in [-0.3, -0.25) is 14.6 Å². The summed E-state index contributed by atoms with van der Waals surface area (Å²) in [6.07, 6.45) is 1.10. The Kier molecular flexibility index (Phi) is 3.57. The quantitative estimate of drug-likeness (QED) is 0.666. The van der Waals surface area contributed by atoms with E-state index in [9.17, 15) is 14.4 Å². The Balaban J connectivity index is 1.86. The summed E-state index contributed by atoms with van der Waals surface area (Å²) in [5.41, 5.74) is 1.77. The van der Waals surface area contributed by atoms with Crippen LogP contribution in [0.1, 0.15) is 16.8 Å².